The Kier molecular flexibility index (Phi) is 7.12. The Bertz CT molecular complexity index is 311. The van der Waals surface area contributed by atoms with Crippen LogP contribution in [0.4, 0.5) is 0 Å². The van der Waals surface area contributed by atoms with Crippen LogP contribution in [0.15, 0.2) is 24.3 Å². The molecular formula is C13H21O3Si. The summed E-state index contributed by atoms with van der Waals surface area (Å²) >= 11 is 0. The van der Waals surface area contributed by atoms with Crippen LogP contribution in [0.1, 0.15) is 26.3 Å². The molecule has 0 unspecified atom stereocenters. The van der Waals surface area contributed by atoms with Crippen LogP contribution in [-0.4, -0.2) is 29.1 Å². The molecule has 0 spiro atoms. The van der Waals surface area contributed by atoms with Gasteiger partial charge in [0.1, 0.15) is 0 Å². The molecular weight excluding hydrogens is 232 g/mol. The molecule has 17 heavy (non-hydrogen) atoms. The van der Waals surface area contributed by atoms with Gasteiger partial charge in [-0.05, 0) is 26.3 Å². The molecule has 0 saturated carbocycles. The summed E-state index contributed by atoms with van der Waals surface area (Å²) in [6.45, 7) is 8.69. The molecule has 0 heterocycles. The second-order valence-electron chi connectivity index (χ2n) is 3.45. The fourth-order valence-electron chi connectivity index (χ4n) is 1.52. The third kappa shape index (κ3) is 4.59. The maximum atomic E-state index is 5.71. The van der Waals surface area contributed by atoms with Crippen LogP contribution in [0, 0.1) is 0 Å². The van der Waals surface area contributed by atoms with E-state index in [0.29, 0.717) is 19.8 Å². The van der Waals surface area contributed by atoms with E-state index in [1.165, 1.54) is 5.56 Å². The molecule has 0 bridgehead atoms. The van der Waals surface area contributed by atoms with Crippen LogP contribution in [0.2, 0.25) is 0 Å². The van der Waals surface area contributed by atoms with Crippen LogP contribution in [0.25, 0.3) is 0 Å². The van der Waals surface area contributed by atoms with Gasteiger partial charge in [-0.25, -0.2) is 0 Å². The maximum absolute atomic E-state index is 5.71. The summed E-state index contributed by atoms with van der Waals surface area (Å²) in [5.74, 6) is 0. The van der Waals surface area contributed by atoms with Gasteiger partial charge in [0, 0.05) is 25.0 Å². The zero-order valence-electron chi connectivity index (χ0n) is 10.9. The first-order valence-electron chi connectivity index (χ1n) is 6.12. The molecule has 0 aliphatic heterocycles. The molecule has 0 N–H and O–H groups in total. The lowest BCUT2D eigenvalue weighted by Crippen LogP contribution is -2.39. The van der Waals surface area contributed by atoms with Gasteiger partial charge in [-0.2, -0.15) is 0 Å². The predicted molar refractivity (Wildman–Crippen MR) is 70.4 cm³/mol. The van der Waals surface area contributed by atoms with Crippen molar-refractivity contribution in [3.05, 3.63) is 29.8 Å². The Morgan fingerprint density at radius 1 is 0.941 bits per heavy atom. The lowest BCUT2D eigenvalue weighted by atomic mass is 10.2. The van der Waals surface area contributed by atoms with Gasteiger partial charge in [0.15, 0.2) is 0 Å². The van der Waals surface area contributed by atoms with Crippen molar-refractivity contribution in [2.45, 2.75) is 27.4 Å². The molecule has 1 aromatic rings. The molecule has 0 fully saturated rings. The first-order chi connectivity index (χ1) is 8.33. The minimum Gasteiger partial charge on any atom is -0.390 e. The monoisotopic (exact) mass is 253 g/mol. The van der Waals surface area contributed by atoms with Gasteiger partial charge in [-0.3, -0.25) is 0 Å². The molecule has 3 nitrogen and oxygen atoms in total. The van der Waals surface area contributed by atoms with E-state index in [1.54, 1.807) is 0 Å². The highest BCUT2D eigenvalue weighted by atomic mass is 28.3. The first kappa shape index (κ1) is 14.4. The standard InChI is InChI=1S/C13H21O3Si/c1-4-14-11-12-9-7-8-10-13(12)17(15-5-2)16-6-3/h7-10H,4-6,11H2,1-3H3. The van der Waals surface area contributed by atoms with Gasteiger partial charge in [0.2, 0.25) is 0 Å². The summed E-state index contributed by atoms with van der Waals surface area (Å²) in [5.41, 5.74) is 1.17. The van der Waals surface area contributed by atoms with Crippen LogP contribution < -0.4 is 5.19 Å². The third-order valence-corrected chi connectivity index (χ3v) is 4.28. The SMILES string of the molecule is CCOCc1ccccc1[Si](OCC)OCC. The highest BCUT2D eigenvalue weighted by molar-refractivity contribution is 6.61. The minimum absolute atomic E-state index is 0.626. The van der Waals surface area contributed by atoms with Gasteiger partial charge in [-0.1, -0.05) is 24.3 Å². The molecule has 0 saturated heterocycles. The van der Waals surface area contributed by atoms with Crippen LogP contribution in [0.3, 0.4) is 0 Å². The quantitative estimate of drug-likeness (QED) is 0.663. The number of benzene rings is 1. The number of ether oxygens (including phenoxy) is 1. The molecule has 95 valence electrons. The van der Waals surface area contributed by atoms with E-state index in [9.17, 15) is 0 Å². The van der Waals surface area contributed by atoms with Crippen molar-refractivity contribution in [1.29, 1.82) is 0 Å². The first-order valence-corrected chi connectivity index (χ1v) is 7.43. The van der Waals surface area contributed by atoms with Gasteiger partial charge in [0.25, 0.3) is 0 Å². The highest BCUT2D eigenvalue weighted by Crippen LogP contribution is 2.03. The highest BCUT2D eigenvalue weighted by Gasteiger charge is 2.21. The molecule has 0 aliphatic carbocycles. The molecule has 4 heteroatoms. The second-order valence-corrected chi connectivity index (χ2v) is 5.14. The van der Waals surface area contributed by atoms with E-state index in [1.807, 2.05) is 32.9 Å². The van der Waals surface area contributed by atoms with Crippen molar-refractivity contribution >= 4 is 14.5 Å². The van der Waals surface area contributed by atoms with Crippen LogP contribution in [0.5, 0.6) is 0 Å². The van der Waals surface area contributed by atoms with Crippen molar-refractivity contribution < 1.29 is 13.6 Å². The minimum atomic E-state index is -1.36. The third-order valence-electron chi connectivity index (χ3n) is 2.25. The summed E-state index contributed by atoms with van der Waals surface area (Å²) in [6.07, 6.45) is 0. The largest absolute Gasteiger partial charge is 0.423 e. The fourth-order valence-corrected chi connectivity index (χ4v) is 3.09. The van der Waals surface area contributed by atoms with Crippen molar-refractivity contribution in [1.82, 2.24) is 0 Å². The summed E-state index contributed by atoms with van der Waals surface area (Å²) in [7, 11) is -1.36. The van der Waals surface area contributed by atoms with Gasteiger partial charge in [-0.15, -0.1) is 0 Å². The van der Waals surface area contributed by atoms with E-state index < -0.39 is 9.28 Å². The van der Waals surface area contributed by atoms with E-state index >= 15 is 0 Å². The van der Waals surface area contributed by atoms with Gasteiger partial charge < -0.3 is 13.6 Å². The predicted octanol–water partition coefficient (Wildman–Crippen LogP) is 1.99. The van der Waals surface area contributed by atoms with Crippen LogP contribution >= 0.6 is 0 Å². The van der Waals surface area contributed by atoms with Crippen molar-refractivity contribution in [3.63, 3.8) is 0 Å². The topological polar surface area (TPSA) is 27.7 Å². The lowest BCUT2D eigenvalue weighted by Gasteiger charge is -2.16. The van der Waals surface area contributed by atoms with E-state index in [0.717, 1.165) is 11.8 Å². The summed E-state index contributed by atoms with van der Waals surface area (Å²) in [6, 6.07) is 8.20. The molecule has 0 amide bonds. The summed E-state index contributed by atoms with van der Waals surface area (Å²) in [5, 5.41) is 1.16. The van der Waals surface area contributed by atoms with Gasteiger partial charge >= 0.3 is 9.28 Å². The van der Waals surface area contributed by atoms with Crippen molar-refractivity contribution in [2.75, 3.05) is 19.8 Å². The maximum Gasteiger partial charge on any atom is 0.423 e. The zero-order valence-corrected chi connectivity index (χ0v) is 11.9. The molecule has 1 aromatic carbocycles. The average molecular weight is 253 g/mol. The van der Waals surface area contributed by atoms with Crippen LogP contribution in [-0.2, 0) is 20.2 Å². The number of hydrogen-bond donors (Lipinski definition) is 0. The molecule has 0 aliphatic rings. The Balaban J connectivity index is 2.83. The van der Waals surface area contributed by atoms with Gasteiger partial charge in [0.05, 0.1) is 6.61 Å². The normalized spacial score (nSPS) is 11.1. The van der Waals surface area contributed by atoms with E-state index in [-0.39, 0.29) is 0 Å². The summed E-state index contributed by atoms with van der Waals surface area (Å²) in [4.78, 5) is 0. The van der Waals surface area contributed by atoms with Crippen molar-refractivity contribution in [3.8, 4) is 0 Å². The Labute approximate surface area is 106 Å². The molecule has 1 radical (unpaired) electrons. The van der Waals surface area contributed by atoms with Crippen molar-refractivity contribution in [2.24, 2.45) is 0 Å². The Morgan fingerprint density at radius 2 is 1.59 bits per heavy atom. The average Bonchev–Trinajstić information content (AvgIpc) is 2.36. The summed E-state index contributed by atoms with van der Waals surface area (Å²) < 4.78 is 16.9. The van der Waals surface area contributed by atoms with E-state index in [4.69, 9.17) is 13.6 Å². The second kappa shape index (κ2) is 8.41. The lowest BCUT2D eigenvalue weighted by molar-refractivity contribution is 0.134. The molecule has 0 atom stereocenters. The fraction of sp³-hybridized carbons (Fsp3) is 0.538. The number of hydrogen-bond acceptors (Lipinski definition) is 3. The smallest absolute Gasteiger partial charge is 0.390 e. The zero-order chi connectivity index (χ0) is 12.5. The Morgan fingerprint density at radius 3 is 2.18 bits per heavy atom. The van der Waals surface area contributed by atoms with E-state index in [2.05, 4.69) is 12.1 Å². The molecule has 0 aromatic heterocycles. The molecule has 1 rings (SSSR count). The number of rotatable bonds is 8. The Hall–Kier alpha value is -0.683.